The summed E-state index contributed by atoms with van der Waals surface area (Å²) in [5.74, 6) is -0.708. The number of aliphatic hydroxyl groups excluding tert-OH is 1. The van der Waals surface area contributed by atoms with Crippen molar-refractivity contribution in [3.05, 3.63) is 71.3 Å². The number of aliphatic hydroxyl groups is 1. The smallest absolute Gasteiger partial charge is 0.295 e. The summed E-state index contributed by atoms with van der Waals surface area (Å²) in [6.45, 7) is 4.87. The average molecular weight is 408 g/mol. The zero-order valence-electron chi connectivity index (χ0n) is 17.8. The number of ether oxygens (including phenoxy) is 1. The molecule has 1 aliphatic heterocycles. The Bertz CT molecular complexity index is 933. The molecular weight excluding hydrogens is 380 g/mol. The lowest BCUT2D eigenvalue weighted by Gasteiger charge is -2.26. The van der Waals surface area contributed by atoms with E-state index >= 15 is 0 Å². The highest BCUT2D eigenvalue weighted by molar-refractivity contribution is 6.46. The first-order valence-electron chi connectivity index (χ1n) is 10.0. The number of carbonyl (C=O) groups is 2. The van der Waals surface area contributed by atoms with Crippen molar-refractivity contribution in [1.82, 2.24) is 9.80 Å². The van der Waals surface area contributed by atoms with Crippen LogP contribution >= 0.6 is 0 Å². The lowest BCUT2D eigenvalue weighted by atomic mass is 9.95. The van der Waals surface area contributed by atoms with Crippen LogP contribution in [0.4, 0.5) is 0 Å². The van der Waals surface area contributed by atoms with Gasteiger partial charge in [0.15, 0.2) is 0 Å². The molecule has 158 valence electrons. The average Bonchev–Trinajstić information content (AvgIpc) is 2.97. The zero-order chi connectivity index (χ0) is 21.8. The third-order valence-electron chi connectivity index (χ3n) is 4.94. The molecule has 0 bridgehead atoms. The van der Waals surface area contributed by atoms with Gasteiger partial charge in [0.2, 0.25) is 0 Å². The van der Waals surface area contributed by atoms with Crippen LogP contribution in [-0.2, 0) is 9.59 Å². The third kappa shape index (κ3) is 4.54. The van der Waals surface area contributed by atoms with E-state index in [-0.39, 0.29) is 17.4 Å². The standard InChI is InChI=1S/C24H28N2O4/c1-16(2)30-19-12-10-17(11-13-19)21-20(22(27)18-8-6-5-7-9-18)23(28)24(29)26(21)15-14-25(3)4/h5-13,16,21,27H,14-15H2,1-4H3/b22-20+/t21-/m0/s1. The van der Waals surface area contributed by atoms with Crippen molar-refractivity contribution >= 4 is 17.4 Å². The first-order chi connectivity index (χ1) is 14.3. The fourth-order valence-electron chi connectivity index (χ4n) is 3.52. The van der Waals surface area contributed by atoms with Gasteiger partial charge in [-0.05, 0) is 45.6 Å². The number of Topliss-reactive ketones (excluding diaryl/α,β-unsaturated/α-hetero) is 1. The summed E-state index contributed by atoms with van der Waals surface area (Å²) in [5.41, 5.74) is 1.37. The predicted molar refractivity (Wildman–Crippen MR) is 116 cm³/mol. The van der Waals surface area contributed by atoms with Crippen LogP contribution < -0.4 is 4.74 Å². The van der Waals surface area contributed by atoms with Gasteiger partial charge < -0.3 is 19.6 Å². The third-order valence-corrected chi connectivity index (χ3v) is 4.94. The Kier molecular flexibility index (Phi) is 6.57. The van der Waals surface area contributed by atoms with Crippen molar-refractivity contribution in [3.63, 3.8) is 0 Å². The molecule has 0 saturated carbocycles. The van der Waals surface area contributed by atoms with Crippen LogP contribution in [-0.4, -0.2) is 59.9 Å². The minimum absolute atomic E-state index is 0.0413. The zero-order valence-corrected chi connectivity index (χ0v) is 17.8. The number of nitrogens with zero attached hydrogens (tertiary/aromatic N) is 2. The van der Waals surface area contributed by atoms with E-state index in [1.165, 1.54) is 4.90 Å². The van der Waals surface area contributed by atoms with E-state index in [0.29, 0.717) is 24.4 Å². The summed E-state index contributed by atoms with van der Waals surface area (Å²) in [4.78, 5) is 29.3. The molecule has 2 aromatic carbocycles. The number of hydrogen-bond acceptors (Lipinski definition) is 5. The molecule has 1 fully saturated rings. The molecule has 6 nitrogen and oxygen atoms in total. The number of carbonyl (C=O) groups excluding carboxylic acids is 2. The Labute approximate surface area is 177 Å². The van der Waals surface area contributed by atoms with E-state index in [2.05, 4.69) is 0 Å². The highest BCUT2D eigenvalue weighted by Crippen LogP contribution is 2.39. The topological polar surface area (TPSA) is 70.1 Å². The number of likely N-dealkylation sites (tertiary alicyclic amines) is 1. The molecule has 3 rings (SSSR count). The van der Waals surface area contributed by atoms with E-state index in [1.54, 1.807) is 24.3 Å². The summed E-state index contributed by atoms with van der Waals surface area (Å²) in [7, 11) is 3.82. The first kappa shape index (κ1) is 21.6. The quantitative estimate of drug-likeness (QED) is 0.432. The molecule has 1 amide bonds. The van der Waals surface area contributed by atoms with E-state index < -0.39 is 17.7 Å². The lowest BCUT2D eigenvalue weighted by molar-refractivity contribution is -0.140. The molecule has 1 saturated heterocycles. The van der Waals surface area contributed by atoms with Crippen molar-refractivity contribution in [2.24, 2.45) is 0 Å². The molecule has 2 aromatic rings. The van der Waals surface area contributed by atoms with Gasteiger partial charge in [0.1, 0.15) is 11.5 Å². The molecule has 0 aliphatic carbocycles. The van der Waals surface area contributed by atoms with Crippen molar-refractivity contribution in [3.8, 4) is 5.75 Å². The lowest BCUT2D eigenvalue weighted by Crippen LogP contribution is -2.35. The summed E-state index contributed by atoms with van der Waals surface area (Å²) >= 11 is 0. The number of benzene rings is 2. The summed E-state index contributed by atoms with van der Waals surface area (Å²) in [6, 6.07) is 15.5. The van der Waals surface area contributed by atoms with Gasteiger partial charge in [0.25, 0.3) is 11.7 Å². The summed E-state index contributed by atoms with van der Waals surface area (Å²) in [5, 5.41) is 11.0. The minimum Gasteiger partial charge on any atom is -0.507 e. The molecule has 0 aromatic heterocycles. The van der Waals surface area contributed by atoms with E-state index in [4.69, 9.17) is 4.74 Å². The predicted octanol–water partition coefficient (Wildman–Crippen LogP) is 3.46. The normalized spacial score (nSPS) is 18.5. The highest BCUT2D eigenvalue weighted by atomic mass is 16.5. The highest BCUT2D eigenvalue weighted by Gasteiger charge is 2.45. The monoisotopic (exact) mass is 408 g/mol. The molecule has 1 heterocycles. The fourth-order valence-corrected chi connectivity index (χ4v) is 3.52. The van der Waals surface area contributed by atoms with Gasteiger partial charge in [-0.15, -0.1) is 0 Å². The molecule has 1 aliphatic rings. The summed E-state index contributed by atoms with van der Waals surface area (Å²) in [6.07, 6.45) is 0.0413. The minimum atomic E-state index is -0.664. The van der Waals surface area contributed by atoms with Gasteiger partial charge in [-0.1, -0.05) is 42.5 Å². The van der Waals surface area contributed by atoms with Crippen molar-refractivity contribution < 1.29 is 19.4 Å². The first-order valence-corrected chi connectivity index (χ1v) is 10.0. The van der Waals surface area contributed by atoms with Crippen LogP contribution in [0.3, 0.4) is 0 Å². The SMILES string of the molecule is CC(C)Oc1ccc([C@H]2/C(=C(\O)c3ccccc3)C(=O)C(=O)N2CCN(C)C)cc1. The number of rotatable bonds is 7. The van der Waals surface area contributed by atoms with Gasteiger partial charge >= 0.3 is 0 Å². The Morgan fingerprint density at radius 1 is 1.07 bits per heavy atom. The van der Waals surface area contributed by atoms with E-state index in [0.717, 1.165) is 5.56 Å². The van der Waals surface area contributed by atoms with Crippen molar-refractivity contribution in [1.29, 1.82) is 0 Å². The van der Waals surface area contributed by atoms with Crippen LogP contribution in [0.1, 0.15) is 31.0 Å². The van der Waals surface area contributed by atoms with Gasteiger partial charge in [0.05, 0.1) is 17.7 Å². The maximum absolute atomic E-state index is 12.9. The maximum Gasteiger partial charge on any atom is 0.295 e. The fraction of sp³-hybridized carbons (Fsp3) is 0.333. The molecule has 30 heavy (non-hydrogen) atoms. The number of ketones is 1. The van der Waals surface area contributed by atoms with Crippen LogP contribution in [0, 0.1) is 0 Å². The van der Waals surface area contributed by atoms with Crippen LogP contribution in [0.5, 0.6) is 5.75 Å². The van der Waals surface area contributed by atoms with Crippen molar-refractivity contribution in [2.45, 2.75) is 26.0 Å². The second-order valence-electron chi connectivity index (χ2n) is 7.90. The molecule has 1 N–H and O–H groups in total. The Balaban J connectivity index is 2.07. The van der Waals surface area contributed by atoms with Crippen LogP contribution in [0.25, 0.3) is 5.76 Å². The van der Waals surface area contributed by atoms with E-state index in [1.807, 2.05) is 63.2 Å². The molecular formula is C24H28N2O4. The van der Waals surface area contributed by atoms with Crippen molar-refractivity contribution in [2.75, 3.05) is 27.2 Å². The van der Waals surface area contributed by atoms with Gasteiger partial charge in [-0.2, -0.15) is 0 Å². The van der Waals surface area contributed by atoms with Gasteiger partial charge in [0, 0.05) is 18.7 Å². The maximum atomic E-state index is 12.9. The van der Waals surface area contributed by atoms with E-state index in [9.17, 15) is 14.7 Å². The van der Waals surface area contributed by atoms with Crippen LogP contribution in [0.2, 0.25) is 0 Å². The number of likely N-dealkylation sites (N-methyl/N-ethyl adjacent to an activating group) is 1. The summed E-state index contributed by atoms with van der Waals surface area (Å²) < 4.78 is 5.71. The number of hydrogen-bond donors (Lipinski definition) is 1. The van der Waals surface area contributed by atoms with Crippen LogP contribution in [0.15, 0.2) is 60.2 Å². The Morgan fingerprint density at radius 3 is 2.27 bits per heavy atom. The molecule has 0 unspecified atom stereocenters. The van der Waals surface area contributed by atoms with Gasteiger partial charge in [-0.25, -0.2) is 0 Å². The number of amides is 1. The molecule has 0 spiro atoms. The molecule has 0 radical (unpaired) electrons. The second kappa shape index (κ2) is 9.13. The van der Waals surface area contributed by atoms with Gasteiger partial charge in [-0.3, -0.25) is 9.59 Å². The Hall–Kier alpha value is -3.12. The largest absolute Gasteiger partial charge is 0.507 e. The second-order valence-corrected chi connectivity index (χ2v) is 7.90. The Morgan fingerprint density at radius 2 is 1.70 bits per heavy atom. The molecule has 6 heteroatoms. The molecule has 1 atom stereocenters.